The molecule has 0 saturated carbocycles. The Morgan fingerprint density at radius 3 is 2.25 bits per heavy atom. The topological polar surface area (TPSA) is 20.2 Å². The van der Waals surface area contributed by atoms with E-state index in [1.165, 1.54) is 16.0 Å². The monoisotopic (exact) mass is 232 g/mol. The Morgan fingerprint density at radius 1 is 1.06 bits per heavy atom. The minimum atomic E-state index is 0.134. The number of aliphatic hydroxyl groups excluding tert-OH is 1. The van der Waals surface area contributed by atoms with Gasteiger partial charge in [0.15, 0.2) is 0 Å². The van der Waals surface area contributed by atoms with Crippen molar-refractivity contribution in [2.24, 2.45) is 0 Å². The largest absolute Gasteiger partial charge is 0.391 e. The molecule has 16 heavy (non-hydrogen) atoms. The highest BCUT2D eigenvalue weighted by Gasteiger charge is 2.03. The van der Waals surface area contributed by atoms with Crippen molar-refractivity contribution in [2.75, 3.05) is 0 Å². The van der Waals surface area contributed by atoms with Gasteiger partial charge < -0.3 is 5.11 Å². The second-order valence-electron chi connectivity index (χ2n) is 4.20. The number of hydrogen-bond donors (Lipinski definition) is 1. The molecule has 1 aromatic heterocycles. The summed E-state index contributed by atoms with van der Waals surface area (Å²) >= 11 is 1.65. The Balaban J connectivity index is 2.27. The molecule has 84 valence electrons. The highest BCUT2D eigenvalue weighted by Crippen LogP contribution is 2.29. The normalized spacial score (nSPS) is 11.0. The van der Waals surface area contributed by atoms with Crippen LogP contribution in [0, 0.1) is 0 Å². The molecule has 2 rings (SSSR count). The molecule has 0 amide bonds. The van der Waals surface area contributed by atoms with Crippen molar-refractivity contribution in [1.29, 1.82) is 0 Å². The van der Waals surface area contributed by atoms with Crippen LogP contribution in [0.4, 0.5) is 0 Å². The number of benzene rings is 1. The second kappa shape index (κ2) is 4.81. The lowest BCUT2D eigenvalue weighted by Crippen LogP contribution is -1.85. The Hall–Kier alpha value is -1.12. The quantitative estimate of drug-likeness (QED) is 0.847. The van der Waals surface area contributed by atoms with Gasteiger partial charge in [0.05, 0.1) is 6.61 Å². The first-order valence-electron chi connectivity index (χ1n) is 5.50. The molecule has 2 heteroatoms. The molecular weight excluding hydrogens is 216 g/mol. The first kappa shape index (κ1) is 11.4. The number of aliphatic hydroxyl groups is 1. The van der Waals surface area contributed by atoms with Gasteiger partial charge in [-0.3, -0.25) is 0 Å². The first-order chi connectivity index (χ1) is 7.70. The van der Waals surface area contributed by atoms with Crippen LogP contribution in [0.25, 0.3) is 10.4 Å². The zero-order chi connectivity index (χ0) is 11.5. The zero-order valence-corrected chi connectivity index (χ0v) is 10.4. The van der Waals surface area contributed by atoms with Gasteiger partial charge >= 0.3 is 0 Å². The van der Waals surface area contributed by atoms with Crippen LogP contribution >= 0.6 is 11.3 Å². The molecule has 1 aromatic carbocycles. The minimum absolute atomic E-state index is 0.134. The molecule has 0 aliphatic rings. The summed E-state index contributed by atoms with van der Waals surface area (Å²) < 4.78 is 0. The van der Waals surface area contributed by atoms with Crippen molar-refractivity contribution < 1.29 is 5.11 Å². The van der Waals surface area contributed by atoms with Crippen LogP contribution in [0.1, 0.15) is 30.2 Å². The smallest absolute Gasteiger partial charge is 0.0774 e. The van der Waals surface area contributed by atoms with Gasteiger partial charge in [0.2, 0.25) is 0 Å². The zero-order valence-electron chi connectivity index (χ0n) is 9.60. The minimum Gasteiger partial charge on any atom is -0.391 e. The molecule has 0 radical (unpaired) electrons. The predicted octanol–water partition coefficient (Wildman–Crippen LogP) is 4.03. The third-order valence-corrected chi connectivity index (χ3v) is 3.80. The van der Waals surface area contributed by atoms with E-state index in [1.54, 1.807) is 11.3 Å². The van der Waals surface area contributed by atoms with Crippen molar-refractivity contribution in [2.45, 2.75) is 26.4 Å². The van der Waals surface area contributed by atoms with Crippen molar-refractivity contribution in [1.82, 2.24) is 0 Å². The van der Waals surface area contributed by atoms with Crippen LogP contribution in [-0.2, 0) is 6.61 Å². The molecule has 0 unspecified atom stereocenters. The Kier molecular flexibility index (Phi) is 3.42. The summed E-state index contributed by atoms with van der Waals surface area (Å²) in [6, 6.07) is 12.7. The standard InChI is InChI=1S/C14H16OS/c1-10(2)11-3-5-12(6-4-11)14-8-7-13(9-15)16-14/h3-8,10,15H,9H2,1-2H3. The molecule has 1 heterocycles. The van der Waals surface area contributed by atoms with E-state index in [-0.39, 0.29) is 6.61 Å². The maximum absolute atomic E-state index is 9.03. The van der Waals surface area contributed by atoms with Crippen LogP contribution in [0.3, 0.4) is 0 Å². The van der Waals surface area contributed by atoms with Crippen molar-refractivity contribution >= 4 is 11.3 Å². The third kappa shape index (κ3) is 2.34. The summed E-state index contributed by atoms with van der Waals surface area (Å²) in [7, 11) is 0. The van der Waals surface area contributed by atoms with E-state index in [0.717, 1.165) is 4.88 Å². The molecule has 1 nitrogen and oxygen atoms in total. The highest BCUT2D eigenvalue weighted by molar-refractivity contribution is 7.15. The Bertz CT molecular complexity index is 454. The molecule has 0 aliphatic carbocycles. The van der Waals surface area contributed by atoms with E-state index in [4.69, 9.17) is 5.11 Å². The number of hydrogen-bond acceptors (Lipinski definition) is 2. The van der Waals surface area contributed by atoms with Gasteiger partial charge in [-0.2, -0.15) is 0 Å². The van der Waals surface area contributed by atoms with Gasteiger partial charge in [-0.1, -0.05) is 38.1 Å². The van der Waals surface area contributed by atoms with Crippen molar-refractivity contribution in [3.05, 3.63) is 46.8 Å². The van der Waals surface area contributed by atoms with E-state index < -0.39 is 0 Å². The fraction of sp³-hybridized carbons (Fsp3) is 0.286. The number of thiophene rings is 1. The van der Waals surface area contributed by atoms with Gasteiger partial charge in [0, 0.05) is 9.75 Å². The SMILES string of the molecule is CC(C)c1ccc(-c2ccc(CO)s2)cc1. The van der Waals surface area contributed by atoms with Gasteiger partial charge in [0.25, 0.3) is 0 Å². The van der Waals surface area contributed by atoms with Crippen LogP contribution in [0.2, 0.25) is 0 Å². The van der Waals surface area contributed by atoms with Gasteiger partial charge in [-0.25, -0.2) is 0 Å². The highest BCUT2D eigenvalue weighted by atomic mass is 32.1. The summed E-state index contributed by atoms with van der Waals surface area (Å²) in [5.41, 5.74) is 2.59. The molecule has 0 spiro atoms. The molecule has 2 aromatic rings. The summed E-state index contributed by atoms with van der Waals surface area (Å²) in [5, 5.41) is 9.03. The maximum Gasteiger partial charge on any atom is 0.0774 e. The van der Waals surface area contributed by atoms with Crippen LogP contribution in [0.15, 0.2) is 36.4 Å². The fourth-order valence-electron chi connectivity index (χ4n) is 1.65. The average molecular weight is 232 g/mol. The average Bonchev–Trinajstić information content (AvgIpc) is 2.77. The van der Waals surface area contributed by atoms with E-state index in [0.29, 0.717) is 5.92 Å². The molecule has 0 atom stereocenters. The lowest BCUT2D eigenvalue weighted by Gasteiger charge is -2.05. The van der Waals surface area contributed by atoms with Gasteiger partial charge in [0.1, 0.15) is 0 Å². The van der Waals surface area contributed by atoms with E-state index in [2.05, 4.69) is 44.2 Å². The van der Waals surface area contributed by atoms with Crippen LogP contribution < -0.4 is 0 Å². The van der Waals surface area contributed by atoms with Crippen molar-refractivity contribution in [3.8, 4) is 10.4 Å². The van der Waals surface area contributed by atoms with Gasteiger partial charge in [-0.15, -0.1) is 11.3 Å². The lowest BCUT2D eigenvalue weighted by molar-refractivity contribution is 0.285. The van der Waals surface area contributed by atoms with E-state index in [1.807, 2.05) is 6.07 Å². The Morgan fingerprint density at radius 2 is 1.75 bits per heavy atom. The van der Waals surface area contributed by atoms with E-state index >= 15 is 0 Å². The van der Waals surface area contributed by atoms with E-state index in [9.17, 15) is 0 Å². The fourth-order valence-corrected chi connectivity index (χ4v) is 2.52. The number of rotatable bonds is 3. The molecule has 1 N–H and O–H groups in total. The predicted molar refractivity (Wildman–Crippen MR) is 69.8 cm³/mol. The van der Waals surface area contributed by atoms with Crippen molar-refractivity contribution in [3.63, 3.8) is 0 Å². The lowest BCUT2D eigenvalue weighted by atomic mass is 10.0. The summed E-state index contributed by atoms with van der Waals surface area (Å²) in [4.78, 5) is 2.24. The molecule has 0 bridgehead atoms. The first-order valence-corrected chi connectivity index (χ1v) is 6.32. The molecular formula is C14H16OS. The third-order valence-electron chi connectivity index (χ3n) is 2.68. The Labute approximate surface area is 100 Å². The summed E-state index contributed by atoms with van der Waals surface area (Å²) in [5.74, 6) is 0.574. The van der Waals surface area contributed by atoms with Crippen LogP contribution in [0.5, 0.6) is 0 Å². The summed E-state index contributed by atoms with van der Waals surface area (Å²) in [6.45, 7) is 4.53. The molecule has 0 saturated heterocycles. The van der Waals surface area contributed by atoms with Gasteiger partial charge in [-0.05, 0) is 29.2 Å². The van der Waals surface area contributed by atoms with Crippen LogP contribution in [-0.4, -0.2) is 5.11 Å². The maximum atomic E-state index is 9.03. The summed E-state index contributed by atoms with van der Waals surface area (Å²) in [6.07, 6.45) is 0. The molecule has 0 aliphatic heterocycles. The molecule has 0 fully saturated rings. The second-order valence-corrected chi connectivity index (χ2v) is 5.37.